The lowest BCUT2D eigenvalue weighted by molar-refractivity contribution is 0.119. The third-order valence-electron chi connectivity index (χ3n) is 4.39. The van der Waals surface area contributed by atoms with Crippen molar-refractivity contribution in [3.05, 3.63) is 35.9 Å². The van der Waals surface area contributed by atoms with Crippen LogP contribution in [0.2, 0.25) is 0 Å². The number of benzene rings is 1. The van der Waals surface area contributed by atoms with Crippen molar-refractivity contribution in [2.75, 3.05) is 20.1 Å². The Morgan fingerprint density at radius 1 is 1.17 bits per heavy atom. The Labute approximate surface area is 110 Å². The van der Waals surface area contributed by atoms with Crippen molar-refractivity contribution in [3.8, 4) is 0 Å². The fourth-order valence-corrected chi connectivity index (χ4v) is 3.26. The van der Waals surface area contributed by atoms with E-state index < -0.39 is 0 Å². The number of hydrogen-bond acceptors (Lipinski definition) is 2. The zero-order chi connectivity index (χ0) is 12.4. The topological polar surface area (TPSA) is 15.3 Å². The van der Waals surface area contributed by atoms with Crippen LogP contribution in [-0.2, 0) is 0 Å². The summed E-state index contributed by atoms with van der Waals surface area (Å²) in [5.41, 5.74) is 1.49. The number of likely N-dealkylation sites (tertiary alicyclic amines) is 1. The first-order chi connectivity index (χ1) is 8.84. The van der Waals surface area contributed by atoms with Gasteiger partial charge in [-0.15, -0.1) is 0 Å². The molecule has 18 heavy (non-hydrogen) atoms. The van der Waals surface area contributed by atoms with Crippen LogP contribution < -0.4 is 5.32 Å². The van der Waals surface area contributed by atoms with E-state index in [0.29, 0.717) is 6.04 Å². The highest BCUT2D eigenvalue weighted by Gasteiger charge is 2.31. The predicted molar refractivity (Wildman–Crippen MR) is 75.6 cm³/mol. The molecule has 0 bridgehead atoms. The SMILES string of the molecule is CN1CCCC(CNC2CC2)C1c1ccccc1. The molecule has 0 radical (unpaired) electrons. The summed E-state index contributed by atoms with van der Waals surface area (Å²) in [4.78, 5) is 2.54. The van der Waals surface area contributed by atoms with Crippen LogP contribution in [0, 0.1) is 5.92 Å². The van der Waals surface area contributed by atoms with Crippen molar-refractivity contribution in [2.24, 2.45) is 5.92 Å². The third kappa shape index (κ3) is 2.76. The third-order valence-corrected chi connectivity index (χ3v) is 4.39. The van der Waals surface area contributed by atoms with Gasteiger partial charge in [-0.3, -0.25) is 4.90 Å². The first-order valence-electron chi connectivity index (χ1n) is 7.33. The Hall–Kier alpha value is -0.860. The van der Waals surface area contributed by atoms with Gasteiger partial charge in [0.2, 0.25) is 0 Å². The van der Waals surface area contributed by atoms with Gasteiger partial charge >= 0.3 is 0 Å². The molecule has 1 saturated heterocycles. The van der Waals surface area contributed by atoms with Gasteiger partial charge in [-0.2, -0.15) is 0 Å². The molecule has 3 rings (SSSR count). The molecule has 1 aliphatic carbocycles. The summed E-state index contributed by atoms with van der Waals surface area (Å²) in [6, 6.07) is 12.5. The molecule has 2 unspecified atom stereocenters. The molecule has 1 heterocycles. The van der Waals surface area contributed by atoms with E-state index in [2.05, 4.69) is 47.6 Å². The highest BCUT2D eigenvalue weighted by molar-refractivity contribution is 5.20. The van der Waals surface area contributed by atoms with E-state index in [0.717, 1.165) is 12.0 Å². The van der Waals surface area contributed by atoms with E-state index in [1.807, 2.05) is 0 Å². The van der Waals surface area contributed by atoms with Crippen LogP contribution in [-0.4, -0.2) is 31.1 Å². The second-order valence-electron chi connectivity index (χ2n) is 5.92. The zero-order valence-corrected chi connectivity index (χ0v) is 11.3. The molecule has 2 atom stereocenters. The summed E-state index contributed by atoms with van der Waals surface area (Å²) in [6.07, 6.45) is 5.48. The van der Waals surface area contributed by atoms with Crippen molar-refractivity contribution < 1.29 is 0 Å². The van der Waals surface area contributed by atoms with Crippen molar-refractivity contribution in [1.29, 1.82) is 0 Å². The maximum Gasteiger partial charge on any atom is 0.0385 e. The number of rotatable bonds is 4. The lowest BCUT2D eigenvalue weighted by atomic mass is 9.85. The molecule has 2 nitrogen and oxygen atoms in total. The lowest BCUT2D eigenvalue weighted by Gasteiger charge is -2.39. The molecule has 0 spiro atoms. The van der Waals surface area contributed by atoms with Gasteiger partial charge in [-0.05, 0) is 50.8 Å². The van der Waals surface area contributed by atoms with Gasteiger partial charge in [0, 0.05) is 18.6 Å². The minimum atomic E-state index is 0.603. The van der Waals surface area contributed by atoms with E-state index in [1.54, 1.807) is 0 Å². The molecule has 0 amide bonds. The standard InChI is InChI=1S/C16H24N2/c1-18-11-5-8-14(12-17-15-9-10-15)16(18)13-6-3-2-4-7-13/h2-4,6-7,14-17H,5,8-12H2,1H3. The van der Waals surface area contributed by atoms with Crippen LogP contribution in [0.3, 0.4) is 0 Å². The van der Waals surface area contributed by atoms with Gasteiger partial charge in [0.25, 0.3) is 0 Å². The van der Waals surface area contributed by atoms with Crippen LogP contribution in [0.1, 0.15) is 37.3 Å². The van der Waals surface area contributed by atoms with Crippen LogP contribution in [0.5, 0.6) is 0 Å². The number of hydrogen-bond donors (Lipinski definition) is 1. The number of nitrogens with one attached hydrogen (secondary N) is 1. The predicted octanol–water partition coefficient (Wildman–Crippen LogP) is 2.82. The Morgan fingerprint density at radius 2 is 1.94 bits per heavy atom. The summed E-state index contributed by atoms with van der Waals surface area (Å²) >= 11 is 0. The molecule has 2 fully saturated rings. The average Bonchev–Trinajstić information content (AvgIpc) is 3.21. The van der Waals surface area contributed by atoms with Gasteiger partial charge in [0.05, 0.1) is 0 Å². The van der Waals surface area contributed by atoms with Gasteiger partial charge in [0.15, 0.2) is 0 Å². The van der Waals surface area contributed by atoms with E-state index in [-0.39, 0.29) is 0 Å². The van der Waals surface area contributed by atoms with Crippen LogP contribution >= 0.6 is 0 Å². The van der Waals surface area contributed by atoms with Crippen LogP contribution in [0.4, 0.5) is 0 Å². The largest absolute Gasteiger partial charge is 0.314 e. The monoisotopic (exact) mass is 244 g/mol. The fraction of sp³-hybridized carbons (Fsp3) is 0.625. The highest BCUT2D eigenvalue weighted by atomic mass is 15.1. The Balaban J connectivity index is 1.72. The first kappa shape index (κ1) is 12.2. The van der Waals surface area contributed by atoms with Crippen molar-refractivity contribution >= 4 is 0 Å². The highest BCUT2D eigenvalue weighted by Crippen LogP contribution is 2.35. The smallest absolute Gasteiger partial charge is 0.0385 e. The summed E-state index contributed by atoms with van der Waals surface area (Å²) in [5.74, 6) is 0.770. The van der Waals surface area contributed by atoms with E-state index in [1.165, 1.54) is 44.3 Å². The Morgan fingerprint density at radius 3 is 2.67 bits per heavy atom. The van der Waals surface area contributed by atoms with Gasteiger partial charge < -0.3 is 5.32 Å². The maximum atomic E-state index is 3.72. The zero-order valence-electron chi connectivity index (χ0n) is 11.3. The quantitative estimate of drug-likeness (QED) is 0.876. The summed E-state index contributed by atoms with van der Waals surface area (Å²) in [6.45, 7) is 2.42. The normalized spacial score (nSPS) is 29.4. The van der Waals surface area contributed by atoms with Crippen molar-refractivity contribution in [2.45, 2.75) is 37.8 Å². The molecular weight excluding hydrogens is 220 g/mol. The molecule has 1 aliphatic heterocycles. The first-order valence-corrected chi connectivity index (χ1v) is 7.33. The van der Waals surface area contributed by atoms with Crippen molar-refractivity contribution in [1.82, 2.24) is 10.2 Å². The lowest BCUT2D eigenvalue weighted by Crippen LogP contribution is -2.40. The number of piperidine rings is 1. The second-order valence-corrected chi connectivity index (χ2v) is 5.92. The van der Waals surface area contributed by atoms with Gasteiger partial charge in [-0.25, -0.2) is 0 Å². The van der Waals surface area contributed by atoms with Crippen LogP contribution in [0.15, 0.2) is 30.3 Å². The molecule has 1 N–H and O–H groups in total. The van der Waals surface area contributed by atoms with E-state index in [9.17, 15) is 0 Å². The molecule has 0 aromatic heterocycles. The molecule has 2 aliphatic rings. The maximum absolute atomic E-state index is 3.72. The average molecular weight is 244 g/mol. The van der Waals surface area contributed by atoms with Crippen LogP contribution in [0.25, 0.3) is 0 Å². The van der Waals surface area contributed by atoms with E-state index >= 15 is 0 Å². The minimum Gasteiger partial charge on any atom is -0.314 e. The molecule has 2 heteroatoms. The molecule has 1 aromatic rings. The minimum absolute atomic E-state index is 0.603. The summed E-state index contributed by atoms with van der Waals surface area (Å²) in [7, 11) is 2.28. The van der Waals surface area contributed by atoms with Gasteiger partial charge in [-0.1, -0.05) is 30.3 Å². The molecular formula is C16H24N2. The van der Waals surface area contributed by atoms with Crippen molar-refractivity contribution in [3.63, 3.8) is 0 Å². The Bertz CT molecular complexity index is 372. The summed E-state index contributed by atoms with van der Waals surface area (Å²) in [5, 5.41) is 3.72. The molecule has 1 saturated carbocycles. The Kier molecular flexibility index (Phi) is 3.67. The van der Waals surface area contributed by atoms with E-state index in [4.69, 9.17) is 0 Å². The summed E-state index contributed by atoms with van der Waals surface area (Å²) < 4.78 is 0. The fourth-order valence-electron chi connectivity index (χ4n) is 3.26. The molecule has 1 aromatic carbocycles. The molecule has 98 valence electrons. The second kappa shape index (κ2) is 5.41. The van der Waals surface area contributed by atoms with Gasteiger partial charge in [0.1, 0.15) is 0 Å². The number of nitrogens with zero attached hydrogens (tertiary/aromatic N) is 1.